The molecule has 0 aromatic carbocycles. The van der Waals surface area contributed by atoms with Gasteiger partial charge in [0, 0.05) is 12.1 Å². The summed E-state index contributed by atoms with van der Waals surface area (Å²) in [6, 6.07) is 0. The zero-order chi connectivity index (χ0) is 15.3. The van der Waals surface area contributed by atoms with Crippen LogP contribution < -0.4 is 5.32 Å². The Hall–Kier alpha value is -1.83. The molecule has 0 fully saturated rings. The van der Waals surface area contributed by atoms with Crippen LogP contribution in [0.15, 0.2) is 70.9 Å². The Morgan fingerprint density at radius 1 is 1.25 bits per heavy atom. The van der Waals surface area contributed by atoms with Crippen molar-refractivity contribution in [1.29, 1.82) is 0 Å². The molecule has 20 heavy (non-hydrogen) atoms. The van der Waals surface area contributed by atoms with Crippen LogP contribution >= 0.6 is 0 Å². The number of rotatable bonds is 3. The van der Waals surface area contributed by atoms with Crippen LogP contribution in [0.2, 0.25) is 0 Å². The van der Waals surface area contributed by atoms with E-state index in [9.17, 15) is 4.39 Å². The van der Waals surface area contributed by atoms with Crippen LogP contribution in [0.3, 0.4) is 0 Å². The Bertz CT molecular complexity index is 542. The maximum Gasteiger partial charge on any atom is 0.127 e. The highest BCUT2D eigenvalue weighted by Crippen LogP contribution is 2.36. The largest absolute Gasteiger partial charge is 0.353 e. The molecule has 0 atom stereocenters. The summed E-state index contributed by atoms with van der Waals surface area (Å²) in [5.41, 5.74) is 5.44. The van der Waals surface area contributed by atoms with Crippen LogP contribution in [0.4, 0.5) is 4.39 Å². The van der Waals surface area contributed by atoms with E-state index in [1.807, 2.05) is 39.0 Å². The SMILES string of the molecule is C=C1C(=C)C(NC2=C(F)CC=CC(CC)=C2)=C1C.CC. The molecule has 0 aromatic heterocycles. The monoisotopic (exact) mass is 273 g/mol. The van der Waals surface area contributed by atoms with Crippen LogP contribution in [-0.2, 0) is 0 Å². The maximum atomic E-state index is 13.9. The Morgan fingerprint density at radius 3 is 2.45 bits per heavy atom. The summed E-state index contributed by atoms with van der Waals surface area (Å²) in [6.45, 7) is 15.9. The minimum atomic E-state index is -0.139. The lowest BCUT2D eigenvalue weighted by Gasteiger charge is -2.28. The van der Waals surface area contributed by atoms with Gasteiger partial charge < -0.3 is 5.32 Å². The smallest absolute Gasteiger partial charge is 0.127 e. The first-order chi connectivity index (χ1) is 9.54. The second kappa shape index (κ2) is 7.09. The molecule has 1 N–H and O–H groups in total. The van der Waals surface area contributed by atoms with Crippen LogP contribution in [0, 0.1) is 0 Å². The van der Waals surface area contributed by atoms with E-state index in [2.05, 4.69) is 25.4 Å². The van der Waals surface area contributed by atoms with Crippen molar-refractivity contribution in [2.45, 2.75) is 40.5 Å². The fourth-order valence-electron chi connectivity index (χ4n) is 2.06. The third kappa shape index (κ3) is 3.19. The summed E-state index contributed by atoms with van der Waals surface area (Å²) >= 11 is 0. The van der Waals surface area contributed by atoms with Gasteiger partial charge in [0.15, 0.2) is 0 Å². The van der Waals surface area contributed by atoms with E-state index in [4.69, 9.17) is 0 Å². The molecule has 0 bridgehead atoms. The molecule has 0 unspecified atom stereocenters. The normalized spacial score (nSPS) is 18.1. The van der Waals surface area contributed by atoms with Gasteiger partial charge in [-0.2, -0.15) is 0 Å². The second-order valence-corrected chi connectivity index (χ2v) is 4.58. The predicted molar refractivity (Wildman–Crippen MR) is 85.7 cm³/mol. The van der Waals surface area contributed by atoms with E-state index >= 15 is 0 Å². The molecule has 108 valence electrons. The molecule has 0 saturated heterocycles. The molecule has 0 heterocycles. The van der Waals surface area contributed by atoms with Crippen LogP contribution in [0.1, 0.15) is 40.5 Å². The standard InChI is InChI=1S/C16H18FN.C2H6/c1-5-13-7-6-8-14(17)15(9-13)18-16-11(3)10(2)12(16)4;1-2/h6-7,9,18H,2-3,5,8H2,1,4H3;1-2H3. The quantitative estimate of drug-likeness (QED) is 0.718. The Morgan fingerprint density at radius 2 is 1.90 bits per heavy atom. The molecule has 0 saturated carbocycles. The van der Waals surface area contributed by atoms with Crippen molar-refractivity contribution in [3.63, 3.8) is 0 Å². The van der Waals surface area contributed by atoms with E-state index in [-0.39, 0.29) is 5.83 Å². The second-order valence-electron chi connectivity index (χ2n) is 4.58. The lowest BCUT2D eigenvalue weighted by molar-refractivity contribution is 0.599. The number of nitrogens with one attached hydrogen (secondary N) is 1. The Labute approximate surface area is 122 Å². The van der Waals surface area contributed by atoms with Crippen molar-refractivity contribution in [2.24, 2.45) is 0 Å². The molecule has 2 aliphatic rings. The van der Waals surface area contributed by atoms with Gasteiger partial charge in [-0.3, -0.25) is 0 Å². The Kier molecular flexibility index (Phi) is 5.75. The van der Waals surface area contributed by atoms with Crippen molar-refractivity contribution in [1.82, 2.24) is 5.32 Å². The molecule has 0 aliphatic heterocycles. The van der Waals surface area contributed by atoms with Crippen molar-refractivity contribution in [3.8, 4) is 0 Å². The third-order valence-corrected chi connectivity index (χ3v) is 3.41. The third-order valence-electron chi connectivity index (χ3n) is 3.41. The summed E-state index contributed by atoms with van der Waals surface area (Å²) in [5, 5.41) is 3.15. The van der Waals surface area contributed by atoms with E-state index in [0.717, 1.165) is 34.4 Å². The minimum Gasteiger partial charge on any atom is -0.353 e. The highest BCUT2D eigenvalue weighted by atomic mass is 19.1. The number of halogens is 1. The van der Waals surface area contributed by atoms with E-state index < -0.39 is 0 Å². The summed E-state index contributed by atoms with van der Waals surface area (Å²) in [5.74, 6) is -0.139. The average molecular weight is 273 g/mol. The van der Waals surface area contributed by atoms with Gasteiger partial charge >= 0.3 is 0 Å². The molecule has 2 aliphatic carbocycles. The van der Waals surface area contributed by atoms with Gasteiger partial charge in [0.2, 0.25) is 0 Å². The summed E-state index contributed by atoms with van der Waals surface area (Å²) < 4.78 is 13.9. The van der Waals surface area contributed by atoms with Gasteiger partial charge in [-0.1, -0.05) is 46.1 Å². The van der Waals surface area contributed by atoms with E-state index in [1.54, 1.807) is 0 Å². The molecule has 0 spiro atoms. The lowest BCUT2D eigenvalue weighted by Crippen LogP contribution is -2.23. The topological polar surface area (TPSA) is 12.0 Å². The highest BCUT2D eigenvalue weighted by molar-refractivity contribution is 5.67. The molecule has 0 amide bonds. The minimum absolute atomic E-state index is 0.139. The van der Waals surface area contributed by atoms with Crippen LogP contribution in [-0.4, -0.2) is 0 Å². The van der Waals surface area contributed by atoms with Crippen molar-refractivity contribution in [3.05, 3.63) is 70.9 Å². The molecule has 2 heteroatoms. The first-order valence-corrected chi connectivity index (χ1v) is 7.17. The molecule has 0 aromatic rings. The van der Waals surface area contributed by atoms with Crippen molar-refractivity contribution in [2.75, 3.05) is 0 Å². The number of allylic oxidation sites excluding steroid dienone is 7. The van der Waals surface area contributed by atoms with Crippen LogP contribution in [0.25, 0.3) is 0 Å². The first kappa shape index (κ1) is 16.2. The van der Waals surface area contributed by atoms with Gasteiger partial charge in [-0.05, 0) is 41.7 Å². The maximum absolute atomic E-state index is 13.9. The molecular weight excluding hydrogens is 249 g/mol. The zero-order valence-corrected chi connectivity index (χ0v) is 12.9. The zero-order valence-electron chi connectivity index (χ0n) is 12.9. The summed E-state index contributed by atoms with van der Waals surface area (Å²) in [7, 11) is 0. The van der Waals surface area contributed by atoms with Gasteiger partial charge in [0.25, 0.3) is 0 Å². The van der Waals surface area contributed by atoms with Gasteiger partial charge in [0.05, 0.1) is 5.70 Å². The fourth-order valence-corrected chi connectivity index (χ4v) is 2.06. The Balaban J connectivity index is 0.000000956. The predicted octanol–water partition coefficient (Wildman–Crippen LogP) is 5.48. The van der Waals surface area contributed by atoms with Gasteiger partial charge in [-0.15, -0.1) is 0 Å². The number of hydrogen-bond acceptors (Lipinski definition) is 1. The summed E-state index contributed by atoms with van der Waals surface area (Å²) in [4.78, 5) is 0. The first-order valence-electron chi connectivity index (χ1n) is 7.17. The van der Waals surface area contributed by atoms with Crippen LogP contribution in [0.5, 0.6) is 0 Å². The molecule has 0 radical (unpaired) electrons. The lowest BCUT2D eigenvalue weighted by atomic mass is 9.85. The van der Waals surface area contributed by atoms with E-state index in [0.29, 0.717) is 12.1 Å². The highest BCUT2D eigenvalue weighted by Gasteiger charge is 2.23. The van der Waals surface area contributed by atoms with E-state index in [1.165, 1.54) is 0 Å². The van der Waals surface area contributed by atoms with Gasteiger partial charge in [-0.25, -0.2) is 4.39 Å². The molecule has 1 nitrogen and oxygen atoms in total. The average Bonchev–Trinajstić information content (AvgIpc) is 2.67. The van der Waals surface area contributed by atoms with Crippen molar-refractivity contribution < 1.29 is 4.39 Å². The van der Waals surface area contributed by atoms with Crippen molar-refractivity contribution >= 4 is 0 Å². The number of hydrogen-bond donors (Lipinski definition) is 1. The molecular formula is C18H24FN. The molecule has 2 rings (SSSR count). The van der Waals surface area contributed by atoms with Gasteiger partial charge in [0.1, 0.15) is 5.83 Å². The summed E-state index contributed by atoms with van der Waals surface area (Å²) in [6.07, 6.45) is 6.93. The fraction of sp³-hybridized carbons (Fsp3) is 0.333.